The Bertz CT molecular complexity index is 249. The summed E-state index contributed by atoms with van der Waals surface area (Å²) >= 11 is 0. The SMILES string of the molecule is CC(=O)OC1CC(C)C2CCC(C)C1C2. The minimum Gasteiger partial charge on any atom is -0.462 e. The fourth-order valence-corrected chi connectivity index (χ4v) is 3.51. The summed E-state index contributed by atoms with van der Waals surface area (Å²) in [6, 6.07) is 0. The quantitative estimate of drug-likeness (QED) is 0.622. The zero-order chi connectivity index (χ0) is 11.0. The third kappa shape index (κ3) is 2.19. The summed E-state index contributed by atoms with van der Waals surface area (Å²) in [5.74, 6) is 2.88. The van der Waals surface area contributed by atoms with Gasteiger partial charge in [0.15, 0.2) is 0 Å². The van der Waals surface area contributed by atoms with Gasteiger partial charge in [0.25, 0.3) is 0 Å². The minimum absolute atomic E-state index is 0.108. The van der Waals surface area contributed by atoms with Crippen molar-refractivity contribution in [3.63, 3.8) is 0 Å². The van der Waals surface area contributed by atoms with Crippen molar-refractivity contribution >= 4 is 5.97 Å². The molecular weight excluding hydrogens is 188 g/mol. The molecule has 2 nitrogen and oxygen atoms in total. The molecule has 0 heterocycles. The van der Waals surface area contributed by atoms with Gasteiger partial charge in [0.05, 0.1) is 0 Å². The molecule has 0 aromatic carbocycles. The van der Waals surface area contributed by atoms with Gasteiger partial charge in [-0.15, -0.1) is 0 Å². The molecule has 5 atom stereocenters. The van der Waals surface area contributed by atoms with Crippen molar-refractivity contribution in [3.05, 3.63) is 0 Å². The van der Waals surface area contributed by atoms with E-state index in [1.165, 1.54) is 26.2 Å². The van der Waals surface area contributed by atoms with Crippen LogP contribution in [0.15, 0.2) is 0 Å². The number of carbonyl (C=O) groups is 1. The molecule has 0 spiro atoms. The van der Waals surface area contributed by atoms with E-state index in [2.05, 4.69) is 13.8 Å². The van der Waals surface area contributed by atoms with Crippen molar-refractivity contribution in [1.29, 1.82) is 0 Å². The van der Waals surface area contributed by atoms with E-state index >= 15 is 0 Å². The van der Waals surface area contributed by atoms with E-state index in [-0.39, 0.29) is 12.1 Å². The number of hydrogen-bond donors (Lipinski definition) is 0. The van der Waals surface area contributed by atoms with Gasteiger partial charge in [-0.1, -0.05) is 20.3 Å². The lowest BCUT2D eigenvalue weighted by molar-refractivity contribution is -0.156. The maximum absolute atomic E-state index is 11.1. The van der Waals surface area contributed by atoms with Crippen LogP contribution in [-0.2, 0) is 9.53 Å². The monoisotopic (exact) mass is 210 g/mol. The van der Waals surface area contributed by atoms with Gasteiger partial charge < -0.3 is 4.74 Å². The number of rotatable bonds is 1. The summed E-state index contributed by atoms with van der Waals surface area (Å²) in [7, 11) is 0. The van der Waals surface area contributed by atoms with Crippen LogP contribution in [0.1, 0.15) is 46.5 Å². The number of fused-ring (bicyclic) bond motifs is 2. The summed E-state index contributed by atoms with van der Waals surface area (Å²) in [5.41, 5.74) is 0. The number of esters is 1. The van der Waals surface area contributed by atoms with Gasteiger partial charge in [0.2, 0.25) is 0 Å². The fraction of sp³-hybridized carbons (Fsp3) is 0.923. The van der Waals surface area contributed by atoms with Crippen LogP contribution >= 0.6 is 0 Å². The zero-order valence-corrected chi connectivity index (χ0v) is 10.0. The van der Waals surface area contributed by atoms with Crippen LogP contribution < -0.4 is 0 Å². The van der Waals surface area contributed by atoms with E-state index in [0.29, 0.717) is 5.92 Å². The Morgan fingerprint density at radius 1 is 1.13 bits per heavy atom. The molecule has 0 radical (unpaired) electrons. The summed E-state index contributed by atoms with van der Waals surface area (Å²) in [5, 5.41) is 0. The largest absolute Gasteiger partial charge is 0.462 e. The molecule has 2 saturated carbocycles. The van der Waals surface area contributed by atoms with E-state index in [1.54, 1.807) is 0 Å². The van der Waals surface area contributed by atoms with Crippen molar-refractivity contribution in [1.82, 2.24) is 0 Å². The topological polar surface area (TPSA) is 26.3 Å². The Balaban J connectivity index is 2.07. The summed E-state index contributed by atoms with van der Waals surface area (Å²) in [6.45, 7) is 6.16. The van der Waals surface area contributed by atoms with Gasteiger partial charge >= 0.3 is 5.97 Å². The summed E-state index contributed by atoms with van der Waals surface area (Å²) in [4.78, 5) is 11.1. The second-order valence-corrected chi connectivity index (χ2v) is 5.58. The van der Waals surface area contributed by atoms with Gasteiger partial charge in [0.1, 0.15) is 6.10 Å². The van der Waals surface area contributed by atoms with Gasteiger partial charge in [-0.3, -0.25) is 4.79 Å². The Kier molecular flexibility index (Phi) is 3.03. The Labute approximate surface area is 92.4 Å². The third-order valence-corrected chi connectivity index (χ3v) is 4.50. The predicted octanol–water partition coefficient (Wildman–Crippen LogP) is 3.01. The van der Waals surface area contributed by atoms with Crippen molar-refractivity contribution in [3.8, 4) is 0 Å². The second kappa shape index (κ2) is 4.15. The molecule has 0 N–H and O–H groups in total. The van der Waals surface area contributed by atoms with Crippen molar-refractivity contribution in [2.45, 2.75) is 52.6 Å². The molecule has 0 aliphatic heterocycles. The van der Waals surface area contributed by atoms with Crippen molar-refractivity contribution in [2.75, 3.05) is 0 Å². The molecule has 2 aliphatic carbocycles. The van der Waals surface area contributed by atoms with Gasteiger partial charge in [-0.25, -0.2) is 0 Å². The highest BCUT2D eigenvalue weighted by Crippen LogP contribution is 2.46. The highest BCUT2D eigenvalue weighted by Gasteiger charge is 2.42. The smallest absolute Gasteiger partial charge is 0.302 e. The molecule has 2 heteroatoms. The van der Waals surface area contributed by atoms with Crippen LogP contribution in [0, 0.1) is 23.7 Å². The molecule has 2 fully saturated rings. The van der Waals surface area contributed by atoms with Gasteiger partial charge in [-0.05, 0) is 42.9 Å². The lowest BCUT2D eigenvalue weighted by Gasteiger charge is -2.46. The molecule has 0 aromatic heterocycles. The lowest BCUT2D eigenvalue weighted by atomic mass is 9.62. The summed E-state index contributed by atoms with van der Waals surface area (Å²) in [6.07, 6.45) is 5.26. The fourth-order valence-electron chi connectivity index (χ4n) is 3.51. The predicted molar refractivity (Wildman–Crippen MR) is 59.3 cm³/mol. The molecule has 86 valence electrons. The van der Waals surface area contributed by atoms with E-state index < -0.39 is 0 Å². The first kappa shape index (κ1) is 11.0. The first-order chi connectivity index (χ1) is 7.08. The molecule has 2 rings (SSSR count). The van der Waals surface area contributed by atoms with Crippen LogP contribution in [-0.4, -0.2) is 12.1 Å². The maximum atomic E-state index is 11.1. The number of carbonyl (C=O) groups excluding carboxylic acids is 1. The molecular formula is C13H22O2. The molecule has 0 amide bonds. The van der Waals surface area contributed by atoms with Crippen LogP contribution in [0.5, 0.6) is 0 Å². The number of hydrogen-bond acceptors (Lipinski definition) is 2. The average molecular weight is 210 g/mol. The summed E-state index contributed by atoms with van der Waals surface area (Å²) < 4.78 is 5.48. The molecule has 0 aromatic rings. The number of ether oxygens (including phenoxy) is 1. The lowest BCUT2D eigenvalue weighted by Crippen LogP contribution is -2.43. The van der Waals surface area contributed by atoms with Crippen LogP contribution in [0.2, 0.25) is 0 Å². The van der Waals surface area contributed by atoms with Crippen LogP contribution in [0.25, 0.3) is 0 Å². The first-order valence-corrected chi connectivity index (χ1v) is 6.25. The third-order valence-electron chi connectivity index (χ3n) is 4.50. The molecule has 15 heavy (non-hydrogen) atoms. The van der Waals surface area contributed by atoms with E-state index in [4.69, 9.17) is 4.74 Å². The highest BCUT2D eigenvalue weighted by atomic mass is 16.5. The van der Waals surface area contributed by atoms with Crippen LogP contribution in [0.4, 0.5) is 0 Å². The minimum atomic E-state index is -0.108. The Morgan fingerprint density at radius 3 is 2.53 bits per heavy atom. The normalized spacial score (nSPS) is 44.9. The average Bonchev–Trinajstić information content (AvgIpc) is 2.15. The Morgan fingerprint density at radius 2 is 1.87 bits per heavy atom. The second-order valence-electron chi connectivity index (χ2n) is 5.58. The Hall–Kier alpha value is -0.530. The van der Waals surface area contributed by atoms with E-state index in [0.717, 1.165) is 24.2 Å². The zero-order valence-electron chi connectivity index (χ0n) is 10.0. The van der Waals surface area contributed by atoms with Crippen molar-refractivity contribution in [2.24, 2.45) is 23.7 Å². The molecule has 2 aliphatic rings. The first-order valence-electron chi connectivity index (χ1n) is 6.25. The molecule has 0 saturated heterocycles. The van der Waals surface area contributed by atoms with Gasteiger partial charge in [-0.2, -0.15) is 0 Å². The van der Waals surface area contributed by atoms with Crippen LogP contribution in [0.3, 0.4) is 0 Å². The molecule has 5 unspecified atom stereocenters. The standard InChI is InChI=1S/C13H22O2/c1-8-4-5-11-7-12(8)13(6-9(11)2)15-10(3)14/h8-9,11-13H,4-7H2,1-3H3. The van der Waals surface area contributed by atoms with E-state index in [1.807, 2.05) is 0 Å². The van der Waals surface area contributed by atoms with E-state index in [9.17, 15) is 4.79 Å². The van der Waals surface area contributed by atoms with Gasteiger partial charge in [0, 0.05) is 6.92 Å². The van der Waals surface area contributed by atoms with Crippen molar-refractivity contribution < 1.29 is 9.53 Å². The highest BCUT2D eigenvalue weighted by molar-refractivity contribution is 5.66. The molecule has 2 bridgehead atoms. The maximum Gasteiger partial charge on any atom is 0.302 e.